The van der Waals surface area contributed by atoms with Crippen molar-refractivity contribution in [2.45, 2.75) is 18.8 Å². The molecule has 0 unspecified atom stereocenters. The van der Waals surface area contributed by atoms with E-state index >= 15 is 0 Å². The Hall–Kier alpha value is -2.94. The summed E-state index contributed by atoms with van der Waals surface area (Å²) < 4.78 is 14.2. The van der Waals surface area contributed by atoms with Crippen LogP contribution in [-0.4, -0.2) is 43.7 Å². The molecule has 1 aromatic carbocycles. The lowest BCUT2D eigenvalue weighted by molar-refractivity contribution is -0.384. The molecule has 0 fully saturated rings. The van der Waals surface area contributed by atoms with Crippen molar-refractivity contribution in [1.82, 2.24) is 0 Å². The number of carbonyl (C=O) groups excluding carboxylic acids is 3. The molecule has 0 radical (unpaired) electrons. The van der Waals surface area contributed by atoms with E-state index in [9.17, 15) is 24.5 Å². The van der Waals surface area contributed by atoms with E-state index in [-0.39, 0.29) is 29.3 Å². The number of esters is 3. The molecule has 0 spiro atoms. The lowest BCUT2D eigenvalue weighted by Crippen LogP contribution is -2.45. The molecule has 0 heterocycles. The Morgan fingerprint density at radius 3 is 2.26 bits per heavy atom. The van der Waals surface area contributed by atoms with Crippen LogP contribution in [0.25, 0.3) is 0 Å². The van der Waals surface area contributed by atoms with E-state index in [1.54, 1.807) is 6.92 Å². The van der Waals surface area contributed by atoms with Gasteiger partial charge in [-0.2, -0.15) is 0 Å². The monoisotopic (exact) mass is 399 g/mol. The predicted molar refractivity (Wildman–Crippen MR) is 94.2 cm³/mol. The van der Waals surface area contributed by atoms with Crippen molar-refractivity contribution in [3.05, 3.63) is 51.1 Å². The average Bonchev–Trinajstić information content (AvgIpc) is 2.64. The zero-order valence-electron chi connectivity index (χ0n) is 14.9. The molecule has 1 rings (SSSR count). The van der Waals surface area contributed by atoms with E-state index in [0.717, 1.165) is 32.4 Å². The summed E-state index contributed by atoms with van der Waals surface area (Å²) in [6, 6.07) is 3.27. The van der Waals surface area contributed by atoms with Crippen molar-refractivity contribution in [1.29, 1.82) is 0 Å². The number of rotatable bonds is 8. The Labute approximate surface area is 160 Å². The minimum Gasteiger partial charge on any atom is -0.468 e. The van der Waals surface area contributed by atoms with Crippen molar-refractivity contribution in [3.8, 4) is 0 Å². The highest BCUT2D eigenvalue weighted by molar-refractivity contribution is 6.32. The van der Waals surface area contributed by atoms with Crippen molar-refractivity contribution < 1.29 is 33.5 Å². The van der Waals surface area contributed by atoms with E-state index in [1.165, 1.54) is 12.1 Å². The molecule has 27 heavy (non-hydrogen) atoms. The smallest absolute Gasteiger partial charge is 0.330 e. The number of ether oxygens (including phenoxy) is 3. The molecule has 0 aromatic heterocycles. The van der Waals surface area contributed by atoms with Crippen molar-refractivity contribution in [2.24, 2.45) is 0 Å². The summed E-state index contributed by atoms with van der Waals surface area (Å²) in [5.74, 6) is -2.67. The average molecular weight is 400 g/mol. The van der Waals surface area contributed by atoms with Crippen LogP contribution in [0, 0.1) is 10.1 Å². The second-order valence-electron chi connectivity index (χ2n) is 5.17. The zero-order valence-corrected chi connectivity index (χ0v) is 15.6. The van der Waals surface area contributed by atoms with Crippen molar-refractivity contribution in [3.63, 3.8) is 0 Å². The lowest BCUT2D eigenvalue weighted by atomic mass is 9.77. The number of nitro benzene ring substituents is 1. The molecule has 1 aromatic rings. The third-order valence-corrected chi connectivity index (χ3v) is 3.97. The van der Waals surface area contributed by atoms with Crippen LogP contribution in [0.5, 0.6) is 0 Å². The molecule has 0 N–H and O–H groups in total. The van der Waals surface area contributed by atoms with E-state index in [0.29, 0.717) is 0 Å². The SMILES string of the molecule is CCOC(=O)/C=C\CC(C(=O)OC)(C(=O)OC)c1ccc([N+](=O)[O-])cc1Cl. The van der Waals surface area contributed by atoms with Gasteiger partial charge in [0.05, 0.1) is 30.8 Å². The molecule has 9 nitrogen and oxygen atoms in total. The van der Waals surface area contributed by atoms with Gasteiger partial charge >= 0.3 is 17.9 Å². The number of non-ortho nitro benzene ring substituents is 1. The van der Waals surface area contributed by atoms with Gasteiger partial charge in [-0.05, 0) is 25.0 Å². The van der Waals surface area contributed by atoms with Gasteiger partial charge in [-0.1, -0.05) is 17.7 Å². The van der Waals surface area contributed by atoms with E-state index in [4.69, 9.17) is 25.8 Å². The third-order valence-electron chi connectivity index (χ3n) is 3.66. The highest BCUT2D eigenvalue weighted by Crippen LogP contribution is 2.38. The van der Waals surface area contributed by atoms with E-state index in [2.05, 4.69) is 0 Å². The maximum Gasteiger partial charge on any atom is 0.330 e. The quantitative estimate of drug-likeness (QED) is 0.163. The van der Waals surface area contributed by atoms with Gasteiger partial charge < -0.3 is 14.2 Å². The highest BCUT2D eigenvalue weighted by Gasteiger charge is 2.50. The Morgan fingerprint density at radius 1 is 1.22 bits per heavy atom. The largest absolute Gasteiger partial charge is 0.468 e. The normalized spacial score (nSPS) is 11.1. The molecule has 0 aliphatic heterocycles. The van der Waals surface area contributed by atoms with Crippen molar-refractivity contribution in [2.75, 3.05) is 20.8 Å². The number of hydrogen-bond acceptors (Lipinski definition) is 8. The maximum absolute atomic E-state index is 12.5. The standard InChI is InChI=1S/C17H18ClNO8/c1-4-27-14(20)6-5-9-17(15(21)25-2,16(22)26-3)12-8-7-11(19(23)24)10-13(12)18/h5-8,10H,4,9H2,1-3H3/b6-5-. The molecule has 0 aliphatic rings. The summed E-state index contributed by atoms with van der Waals surface area (Å²) >= 11 is 6.12. The molecule has 0 bridgehead atoms. The predicted octanol–water partition coefficient (Wildman–Crippen LogP) is 2.34. The minimum atomic E-state index is -2.06. The second-order valence-corrected chi connectivity index (χ2v) is 5.58. The Kier molecular flexibility index (Phi) is 7.92. The number of benzene rings is 1. The van der Waals surface area contributed by atoms with E-state index < -0.39 is 28.2 Å². The lowest BCUT2D eigenvalue weighted by Gasteiger charge is -2.28. The van der Waals surface area contributed by atoms with Crippen LogP contribution in [0.2, 0.25) is 5.02 Å². The fourth-order valence-electron chi connectivity index (χ4n) is 2.41. The van der Waals surface area contributed by atoms with E-state index in [1.807, 2.05) is 0 Å². The molecular weight excluding hydrogens is 382 g/mol. The molecule has 0 aliphatic carbocycles. The number of hydrogen-bond donors (Lipinski definition) is 0. The first-order valence-corrected chi connectivity index (χ1v) is 8.06. The van der Waals surface area contributed by atoms with Gasteiger partial charge in [-0.3, -0.25) is 19.7 Å². The zero-order chi connectivity index (χ0) is 20.6. The van der Waals surface area contributed by atoms with Crippen LogP contribution in [0.1, 0.15) is 18.9 Å². The minimum absolute atomic E-state index is 0.0537. The molecule has 146 valence electrons. The third kappa shape index (κ3) is 4.82. The van der Waals surface area contributed by atoms with Gasteiger partial charge in [0.25, 0.3) is 5.69 Å². The number of carbonyl (C=O) groups is 3. The van der Waals surface area contributed by atoms with Crippen LogP contribution in [0.3, 0.4) is 0 Å². The highest BCUT2D eigenvalue weighted by atomic mass is 35.5. The maximum atomic E-state index is 12.5. The van der Waals surface area contributed by atoms with Gasteiger partial charge in [0.15, 0.2) is 5.41 Å². The molecule has 0 saturated carbocycles. The summed E-state index contributed by atoms with van der Waals surface area (Å²) in [5, 5.41) is 10.7. The Bertz CT molecular complexity index is 758. The van der Waals surface area contributed by atoms with Gasteiger partial charge in [0, 0.05) is 18.2 Å². The number of halogens is 1. The molecule has 0 atom stereocenters. The fourth-order valence-corrected chi connectivity index (χ4v) is 2.75. The van der Waals surface area contributed by atoms with Crippen LogP contribution < -0.4 is 0 Å². The van der Waals surface area contributed by atoms with Crippen LogP contribution >= 0.6 is 11.6 Å². The first-order valence-electron chi connectivity index (χ1n) is 7.69. The number of nitro groups is 1. The first kappa shape index (κ1) is 22.1. The summed E-state index contributed by atoms with van der Waals surface area (Å²) in [4.78, 5) is 46.8. The molecular formula is C17H18ClNO8. The fraction of sp³-hybridized carbons (Fsp3) is 0.353. The summed E-state index contributed by atoms with van der Waals surface area (Å²) in [7, 11) is 2.13. The van der Waals surface area contributed by atoms with Gasteiger partial charge in [0.2, 0.25) is 0 Å². The Balaban J connectivity index is 3.53. The molecule has 0 saturated heterocycles. The van der Waals surface area contributed by atoms with Crippen LogP contribution in [0.15, 0.2) is 30.4 Å². The first-order chi connectivity index (χ1) is 12.7. The number of methoxy groups -OCH3 is 2. The van der Waals surface area contributed by atoms with Gasteiger partial charge in [-0.15, -0.1) is 0 Å². The molecule has 10 heteroatoms. The number of allylic oxidation sites excluding steroid dienone is 1. The summed E-state index contributed by atoms with van der Waals surface area (Å²) in [6.45, 7) is 1.77. The topological polar surface area (TPSA) is 122 Å². The summed E-state index contributed by atoms with van der Waals surface area (Å²) in [6.07, 6.45) is 1.94. The van der Waals surface area contributed by atoms with Gasteiger partial charge in [0.1, 0.15) is 0 Å². The second kappa shape index (κ2) is 9.67. The van der Waals surface area contributed by atoms with Crippen LogP contribution in [-0.2, 0) is 34.0 Å². The molecule has 0 amide bonds. The number of nitrogens with zero attached hydrogens (tertiary/aromatic N) is 1. The van der Waals surface area contributed by atoms with Crippen molar-refractivity contribution >= 4 is 35.2 Å². The van der Waals surface area contributed by atoms with Gasteiger partial charge in [-0.25, -0.2) is 4.79 Å². The van der Waals surface area contributed by atoms with Crippen LogP contribution in [0.4, 0.5) is 5.69 Å². The summed E-state index contributed by atoms with van der Waals surface area (Å²) in [5.41, 5.74) is -2.44. The Morgan fingerprint density at radius 2 is 1.81 bits per heavy atom.